The predicted molar refractivity (Wildman–Crippen MR) is 67.3 cm³/mol. The quantitative estimate of drug-likeness (QED) is 0.857. The van der Waals surface area contributed by atoms with Crippen molar-refractivity contribution in [3.8, 4) is 0 Å². The topological polar surface area (TPSA) is 63.4 Å². The van der Waals surface area contributed by atoms with Crippen molar-refractivity contribution in [1.82, 2.24) is 4.31 Å². The van der Waals surface area contributed by atoms with Gasteiger partial charge in [0.2, 0.25) is 10.0 Å². The van der Waals surface area contributed by atoms with Crippen molar-refractivity contribution < 1.29 is 8.42 Å². The Balaban J connectivity index is 2.41. The Bertz CT molecular complexity index is 525. The Hall–Kier alpha value is -0.910. The first kappa shape index (κ1) is 12.5. The monoisotopic (exact) mass is 254 g/mol. The van der Waals surface area contributed by atoms with Crippen LogP contribution in [0.4, 0.5) is 0 Å². The normalized spacial score (nSPS) is 21.9. The zero-order chi connectivity index (χ0) is 12.6. The average molecular weight is 254 g/mol. The molecule has 0 aliphatic carbocycles. The third kappa shape index (κ3) is 2.36. The third-order valence-electron chi connectivity index (χ3n) is 3.15. The Morgan fingerprint density at radius 1 is 1.35 bits per heavy atom. The Morgan fingerprint density at radius 3 is 2.65 bits per heavy atom. The van der Waals surface area contributed by atoms with Gasteiger partial charge in [-0.1, -0.05) is 12.1 Å². The molecule has 1 atom stereocenters. The van der Waals surface area contributed by atoms with Crippen LogP contribution in [0.1, 0.15) is 17.5 Å². The van der Waals surface area contributed by atoms with Gasteiger partial charge in [-0.2, -0.15) is 4.31 Å². The molecule has 5 heteroatoms. The van der Waals surface area contributed by atoms with Gasteiger partial charge >= 0.3 is 0 Å². The molecule has 0 unspecified atom stereocenters. The van der Waals surface area contributed by atoms with E-state index in [1.165, 1.54) is 4.31 Å². The molecule has 0 amide bonds. The molecule has 2 N–H and O–H groups in total. The highest BCUT2D eigenvalue weighted by Gasteiger charge is 2.31. The molecule has 0 saturated carbocycles. The molecule has 0 aromatic heterocycles. The molecule has 4 nitrogen and oxygen atoms in total. The maximum absolute atomic E-state index is 12.4. The highest BCUT2D eigenvalue weighted by atomic mass is 32.2. The molecule has 17 heavy (non-hydrogen) atoms. The van der Waals surface area contributed by atoms with Gasteiger partial charge in [-0.15, -0.1) is 0 Å². The number of sulfonamides is 1. The van der Waals surface area contributed by atoms with Crippen molar-refractivity contribution in [2.75, 3.05) is 13.1 Å². The Labute approximate surface area is 102 Å². The molecule has 0 bridgehead atoms. The molecule has 1 aromatic rings. The summed E-state index contributed by atoms with van der Waals surface area (Å²) in [6, 6.07) is 5.46. The van der Waals surface area contributed by atoms with E-state index in [0.717, 1.165) is 17.5 Å². The lowest BCUT2D eigenvalue weighted by Gasteiger charge is -2.17. The number of nitrogens with zero attached hydrogens (tertiary/aromatic N) is 1. The molecule has 94 valence electrons. The van der Waals surface area contributed by atoms with Crippen molar-refractivity contribution in [3.63, 3.8) is 0 Å². The molecule has 1 fully saturated rings. The summed E-state index contributed by atoms with van der Waals surface area (Å²) in [5, 5.41) is 0. The van der Waals surface area contributed by atoms with Crippen molar-refractivity contribution >= 4 is 10.0 Å². The minimum atomic E-state index is -3.37. The lowest BCUT2D eigenvalue weighted by molar-refractivity contribution is 0.472. The molecule has 1 heterocycles. The largest absolute Gasteiger partial charge is 0.326 e. The summed E-state index contributed by atoms with van der Waals surface area (Å²) in [5.74, 6) is 0. The molecule has 0 radical (unpaired) electrons. The lowest BCUT2D eigenvalue weighted by Crippen LogP contribution is -2.32. The van der Waals surface area contributed by atoms with E-state index in [1.54, 1.807) is 6.07 Å². The highest BCUT2D eigenvalue weighted by molar-refractivity contribution is 7.89. The minimum absolute atomic E-state index is 0.0325. The number of rotatable bonds is 2. The van der Waals surface area contributed by atoms with Crippen LogP contribution in [0, 0.1) is 13.8 Å². The van der Waals surface area contributed by atoms with E-state index < -0.39 is 10.0 Å². The number of nitrogens with two attached hydrogens (primary N) is 1. The van der Waals surface area contributed by atoms with Crippen LogP contribution in [-0.4, -0.2) is 31.9 Å². The van der Waals surface area contributed by atoms with Gasteiger partial charge in [0.25, 0.3) is 0 Å². The summed E-state index contributed by atoms with van der Waals surface area (Å²) in [4.78, 5) is 0.409. The zero-order valence-electron chi connectivity index (χ0n) is 10.2. The second-order valence-electron chi connectivity index (χ2n) is 4.68. The standard InChI is InChI=1S/C12H18N2O2S/c1-9-3-4-10(2)12(7-9)17(15,16)14-6-5-11(13)8-14/h3-4,7,11H,5-6,8,13H2,1-2H3/t11-/m0/s1. The van der Waals surface area contributed by atoms with E-state index in [-0.39, 0.29) is 6.04 Å². The summed E-state index contributed by atoms with van der Waals surface area (Å²) in [6.45, 7) is 4.67. The Morgan fingerprint density at radius 2 is 2.06 bits per heavy atom. The van der Waals surface area contributed by atoms with Crippen LogP contribution in [0.25, 0.3) is 0 Å². The van der Waals surface area contributed by atoms with E-state index >= 15 is 0 Å². The van der Waals surface area contributed by atoms with E-state index in [0.29, 0.717) is 18.0 Å². The van der Waals surface area contributed by atoms with Crippen LogP contribution < -0.4 is 5.73 Å². The molecule has 0 spiro atoms. The molecule has 1 aliphatic heterocycles. The minimum Gasteiger partial charge on any atom is -0.326 e. The summed E-state index contributed by atoms with van der Waals surface area (Å²) in [6.07, 6.45) is 0.740. The second-order valence-corrected chi connectivity index (χ2v) is 6.59. The maximum Gasteiger partial charge on any atom is 0.243 e. The van der Waals surface area contributed by atoms with Gasteiger partial charge in [0.1, 0.15) is 0 Å². The number of hydrogen-bond acceptors (Lipinski definition) is 3. The molecule has 2 rings (SSSR count). The summed E-state index contributed by atoms with van der Waals surface area (Å²) in [7, 11) is -3.37. The second kappa shape index (κ2) is 4.40. The molecular formula is C12H18N2O2S. The number of aryl methyl sites for hydroxylation is 2. The fraction of sp³-hybridized carbons (Fsp3) is 0.500. The van der Waals surface area contributed by atoms with Gasteiger partial charge in [-0.25, -0.2) is 8.42 Å². The van der Waals surface area contributed by atoms with Crippen LogP contribution in [0.15, 0.2) is 23.1 Å². The highest BCUT2D eigenvalue weighted by Crippen LogP contribution is 2.24. The van der Waals surface area contributed by atoms with E-state index in [9.17, 15) is 8.42 Å². The van der Waals surface area contributed by atoms with Gasteiger partial charge in [0.05, 0.1) is 4.90 Å². The molecule has 1 saturated heterocycles. The summed E-state index contributed by atoms with van der Waals surface area (Å²) < 4.78 is 26.3. The number of benzene rings is 1. The average Bonchev–Trinajstić information content (AvgIpc) is 2.69. The molecule has 1 aromatic carbocycles. The van der Waals surface area contributed by atoms with E-state index in [2.05, 4.69) is 0 Å². The van der Waals surface area contributed by atoms with Gasteiger partial charge in [0.15, 0.2) is 0 Å². The van der Waals surface area contributed by atoms with E-state index in [1.807, 2.05) is 26.0 Å². The smallest absolute Gasteiger partial charge is 0.243 e. The van der Waals surface area contributed by atoms with Crippen LogP contribution in [0.5, 0.6) is 0 Å². The van der Waals surface area contributed by atoms with Crippen molar-refractivity contribution in [3.05, 3.63) is 29.3 Å². The first-order chi connectivity index (χ1) is 7.91. The molecular weight excluding hydrogens is 236 g/mol. The number of hydrogen-bond donors (Lipinski definition) is 1. The van der Waals surface area contributed by atoms with Crippen LogP contribution >= 0.6 is 0 Å². The van der Waals surface area contributed by atoms with Gasteiger partial charge in [-0.3, -0.25) is 0 Å². The van der Waals surface area contributed by atoms with Crippen molar-refractivity contribution in [1.29, 1.82) is 0 Å². The fourth-order valence-electron chi connectivity index (χ4n) is 2.10. The lowest BCUT2D eigenvalue weighted by atomic mass is 10.2. The fourth-order valence-corrected chi connectivity index (χ4v) is 3.92. The summed E-state index contributed by atoms with van der Waals surface area (Å²) >= 11 is 0. The predicted octanol–water partition coefficient (Wildman–Crippen LogP) is 1.03. The van der Waals surface area contributed by atoms with Gasteiger partial charge in [0, 0.05) is 19.1 Å². The maximum atomic E-state index is 12.4. The van der Waals surface area contributed by atoms with Crippen LogP contribution in [0.3, 0.4) is 0 Å². The van der Waals surface area contributed by atoms with Gasteiger partial charge in [-0.05, 0) is 37.5 Å². The van der Waals surface area contributed by atoms with E-state index in [4.69, 9.17) is 5.73 Å². The SMILES string of the molecule is Cc1ccc(C)c(S(=O)(=O)N2CC[C@H](N)C2)c1. The first-order valence-corrected chi connectivity index (χ1v) is 7.18. The van der Waals surface area contributed by atoms with Gasteiger partial charge < -0.3 is 5.73 Å². The Kier molecular flexibility index (Phi) is 3.25. The van der Waals surface area contributed by atoms with Crippen molar-refractivity contribution in [2.45, 2.75) is 31.2 Å². The van der Waals surface area contributed by atoms with Crippen molar-refractivity contribution in [2.24, 2.45) is 5.73 Å². The summed E-state index contributed by atoms with van der Waals surface area (Å²) in [5.41, 5.74) is 7.51. The molecule has 1 aliphatic rings. The van der Waals surface area contributed by atoms with Crippen LogP contribution in [-0.2, 0) is 10.0 Å². The third-order valence-corrected chi connectivity index (χ3v) is 5.16. The van der Waals surface area contributed by atoms with Crippen LogP contribution in [0.2, 0.25) is 0 Å². The zero-order valence-corrected chi connectivity index (χ0v) is 11.0. The first-order valence-electron chi connectivity index (χ1n) is 5.74.